The number of para-hydroxylation sites is 1. The molecule has 1 N–H and O–H groups in total. The van der Waals surface area contributed by atoms with Gasteiger partial charge in [0, 0.05) is 37.6 Å². The fraction of sp³-hybridized carbons (Fsp3) is 0.267. The number of fused-ring (bicyclic) bond motifs is 1. The van der Waals surface area contributed by atoms with Crippen LogP contribution >= 0.6 is 0 Å². The van der Waals surface area contributed by atoms with Gasteiger partial charge in [-0.05, 0) is 35.7 Å². The van der Waals surface area contributed by atoms with Crippen LogP contribution in [0, 0.1) is 0 Å². The molecule has 1 amide bonds. The molecule has 3 aromatic carbocycles. The SMILES string of the molecule is CC(=O)[C@@H](NC(=O)C1=C(CN2CCOCC2)N(c2ccccc2)Cc2ccccc21)c1ccccc1. The van der Waals surface area contributed by atoms with Crippen LogP contribution in [0.2, 0.25) is 0 Å². The molecule has 1 saturated heterocycles. The van der Waals surface area contributed by atoms with Gasteiger partial charge in [0.25, 0.3) is 5.91 Å². The number of carbonyl (C=O) groups is 2. The highest BCUT2D eigenvalue weighted by Crippen LogP contribution is 2.36. The lowest BCUT2D eigenvalue weighted by Crippen LogP contribution is -2.43. The Labute approximate surface area is 212 Å². The molecule has 0 radical (unpaired) electrons. The number of benzene rings is 3. The Morgan fingerprint density at radius 2 is 1.53 bits per heavy atom. The first-order chi connectivity index (χ1) is 17.6. The van der Waals surface area contributed by atoms with Gasteiger partial charge in [-0.15, -0.1) is 0 Å². The second-order valence-corrected chi connectivity index (χ2v) is 9.22. The number of morpholine rings is 1. The third-order valence-corrected chi connectivity index (χ3v) is 6.82. The summed E-state index contributed by atoms with van der Waals surface area (Å²) in [6, 6.07) is 26.9. The van der Waals surface area contributed by atoms with Crippen LogP contribution in [-0.4, -0.2) is 49.4 Å². The summed E-state index contributed by atoms with van der Waals surface area (Å²) >= 11 is 0. The Hall–Kier alpha value is -3.74. The van der Waals surface area contributed by atoms with Crippen LogP contribution in [0.5, 0.6) is 0 Å². The summed E-state index contributed by atoms with van der Waals surface area (Å²) in [4.78, 5) is 31.3. The van der Waals surface area contributed by atoms with Crippen LogP contribution in [-0.2, 0) is 20.9 Å². The zero-order valence-electron chi connectivity index (χ0n) is 20.5. The third kappa shape index (κ3) is 5.10. The zero-order chi connectivity index (χ0) is 24.9. The number of hydrogen-bond donors (Lipinski definition) is 1. The maximum absolute atomic E-state index is 14.1. The summed E-state index contributed by atoms with van der Waals surface area (Å²) in [6.07, 6.45) is 0. The van der Waals surface area contributed by atoms with Crippen LogP contribution in [0.4, 0.5) is 5.69 Å². The van der Waals surface area contributed by atoms with Crippen molar-refractivity contribution in [1.82, 2.24) is 10.2 Å². The van der Waals surface area contributed by atoms with E-state index in [1.54, 1.807) is 0 Å². The molecule has 0 unspecified atom stereocenters. The quantitative estimate of drug-likeness (QED) is 0.548. The molecule has 2 aliphatic rings. The molecule has 0 spiro atoms. The topological polar surface area (TPSA) is 61.9 Å². The molecule has 184 valence electrons. The lowest BCUT2D eigenvalue weighted by atomic mass is 9.91. The molecular formula is C30H31N3O3. The van der Waals surface area contributed by atoms with Gasteiger partial charge in [0.15, 0.2) is 5.78 Å². The van der Waals surface area contributed by atoms with E-state index in [9.17, 15) is 9.59 Å². The van der Waals surface area contributed by atoms with Crippen molar-refractivity contribution >= 4 is 23.0 Å². The molecule has 2 heterocycles. The number of Topliss-reactive ketones (excluding diaryl/α,β-unsaturated/α-hetero) is 1. The Kier molecular flexibility index (Phi) is 7.26. The van der Waals surface area contributed by atoms with Gasteiger partial charge in [-0.1, -0.05) is 72.8 Å². The molecule has 36 heavy (non-hydrogen) atoms. The molecule has 5 rings (SSSR count). The first kappa shape index (κ1) is 24.0. The number of ether oxygens (including phenoxy) is 1. The fourth-order valence-electron chi connectivity index (χ4n) is 4.97. The van der Waals surface area contributed by atoms with Gasteiger partial charge in [0.05, 0.1) is 18.8 Å². The Bertz CT molecular complexity index is 1250. The van der Waals surface area contributed by atoms with Crippen LogP contribution in [0.25, 0.3) is 5.57 Å². The molecule has 1 atom stereocenters. The predicted octanol–water partition coefficient (Wildman–Crippen LogP) is 4.20. The molecule has 3 aromatic rings. The minimum Gasteiger partial charge on any atom is -0.379 e. The number of nitrogens with one attached hydrogen (secondary N) is 1. The second-order valence-electron chi connectivity index (χ2n) is 9.22. The van der Waals surface area contributed by atoms with Crippen molar-refractivity contribution in [3.05, 3.63) is 107 Å². The summed E-state index contributed by atoms with van der Waals surface area (Å²) in [7, 11) is 0. The number of hydrogen-bond acceptors (Lipinski definition) is 5. The lowest BCUT2D eigenvalue weighted by Gasteiger charge is -2.38. The molecule has 0 aliphatic carbocycles. The molecule has 6 nitrogen and oxygen atoms in total. The smallest absolute Gasteiger partial charge is 0.254 e. The number of rotatable bonds is 7. The summed E-state index contributed by atoms with van der Waals surface area (Å²) in [6.45, 7) is 5.78. The Balaban J connectivity index is 1.61. The van der Waals surface area contributed by atoms with Crippen LogP contribution < -0.4 is 10.2 Å². The van der Waals surface area contributed by atoms with Crippen molar-refractivity contribution in [2.24, 2.45) is 0 Å². The molecule has 0 aromatic heterocycles. The van der Waals surface area contributed by atoms with Crippen molar-refractivity contribution in [2.75, 3.05) is 37.7 Å². The summed E-state index contributed by atoms with van der Waals surface area (Å²) < 4.78 is 5.57. The van der Waals surface area contributed by atoms with Crippen LogP contribution in [0.1, 0.15) is 29.7 Å². The van der Waals surface area contributed by atoms with Crippen molar-refractivity contribution in [1.29, 1.82) is 0 Å². The van der Waals surface area contributed by atoms with E-state index in [0.29, 0.717) is 31.9 Å². The number of ketones is 1. The molecule has 1 fully saturated rings. The van der Waals surface area contributed by atoms with Gasteiger partial charge in [-0.3, -0.25) is 14.5 Å². The normalized spacial score (nSPS) is 16.9. The second kappa shape index (κ2) is 10.9. The fourth-order valence-corrected chi connectivity index (χ4v) is 4.97. The van der Waals surface area contributed by atoms with E-state index in [2.05, 4.69) is 33.3 Å². The van der Waals surface area contributed by atoms with Gasteiger partial charge in [0.1, 0.15) is 6.04 Å². The maximum atomic E-state index is 14.1. The number of nitrogens with zero attached hydrogens (tertiary/aromatic N) is 2. The summed E-state index contributed by atoms with van der Waals surface area (Å²) in [5, 5.41) is 3.07. The largest absolute Gasteiger partial charge is 0.379 e. The number of anilines is 1. The van der Waals surface area contributed by atoms with E-state index in [-0.39, 0.29) is 11.7 Å². The lowest BCUT2D eigenvalue weighted by molar-refractivity contribution is -0.124. The average molecular weight is 482 g/mol. The monoisotopic (exact) mass is 481 g/mol. The van der Waals surface area contributed by atoms with E-state index >= 15 is 0 Å². The average Bonchev–Trinajstić information content (AvgIpc) is 2.92. The minimum atomic E-state index is -0.713. The summed E-state index contributed by atoms with van der Waals surface area (Å²) in [5.74, 6) is -0.343. The van der Waals surface area contributed by atoms with Gasteiger partial charge >= 0.3 is 0 Å². The first-order valence-electron chi connectivity index (χ1n) is 12.4. The van der Waals surface area contributed by atoms with E-state index in [0.717, 1.165) is 41.2 Å². The molecule has 2 aliphatic heterocycles. The number of amides is 1. The van der Waals surface area contributed by atoms with Crippen molar-refractivity contribution < 1.29 is 14.3 Å². The van der Waals surface area contributed by atoms with Crippen molar-refractivity contribution in [2.45, 2.75) is 19.5 Å². The zero-order valence-corrected chi connectivity index (χ0v) is 20.5. The molecule has 6 heteroatoms. The Morgan fingerprint density at radius 3 is 2.22 bits per heavy atom. The van der Waals surface area contributed by atoms with Gasteiger partial charge in [-0.25, -0.2) is 0 Å². The minimum absolute atomic E-state index is 0.103. The summed E-state index contributed by atoms with van der Waals surface area (Å²) in [5.41, 5.74) is 5.37. The molecular weight excluding hydrogens is 450 g/mol. The molecule has 0 bridgehead atoms. The van der Waals surface area contributed by atoms with E-state index in [1.807, 2.05) is 66.7 Å². The maximum Gasteiger partial charge on any atom is 0.254 e. The standard InChI is InChI=1S/C30H31N3O3/c1-22(34)29(23-10-4-2-5-11-23)31-30(35)28-26-15-9-8-12-24(26)20-33(25-13-6-3-7-14-25)27(28)21-32-16-18-36-19-17-32/h2-15,29H,16-21H2,1H3,(H,31,35)/t29-/m1/s1. The van der Waals surface area contributed by atoms with Gasteiger partial charge < -0.3 is 15.0 Å². The van der Waals surface area contributed by atoms with Crippen LogP contribution in [0.3, 0.4) is 0 Å². The highest BCUT2D eigenvalue weighted by Gasteiger charge is 2.32. The van der Waals surface area contributed by atoms with Gasteiger partial charge in [-0.2, -0.15) is 0 Å². The third-order valence-electron chi connectivity index (χ3n) is 6.82. The van der Waals surface area contributed by atoms with E-state index in [4.69, 9.17) is 4.74 Å². The van der Waals surface area contributed by atoms with Crippen molar-refractivity contribution in [3.8, 4) is 0 Å². The van der Waals surface area contributed by atoms with Crippen molar-refractivity contribution in [3.63, 3.8) is 0 Å². The highest BCUT2D eigenvalue weighted by molar-refractivity contribution is 6.22. The van der Waals surface area contributed by atoms with Gasteiger partial charge in [0.2, 0.25) is 0 Å². The van der Waals surface area contributed by atoms with E-state index in [1.165, 1.54) is 6.92 Å². The van der Waals surface area contributed by atoms with E-state index < -0.39 is 6.04 Å². The number of carbonyl (C=O) groups excluding carboxylic acids is 2. The Morgan fingerprint density at radius 1 is 0.889 bits per heavy atom. The first-order valence-corrected chi connectivity index (χ1v) is 12.4. The molecule has 0 saturated carbocycles. The predicted molar refractivity (Wildman–Crippen MR) is 141 cm³/mol. The highest BCUT2D eigenvalue weighted by atomic mass is 16.5. The van der Waals surface area contributed by atoms with Crippen LogP contribution in [0.15, 0.2) is 90.6 Å².